The molecule has 3 heteroatoms. The van der Waals surface area contributed by atoms with E-state index < -0.39 is 0 Å². The number of rotatable bonds is 6. The topological polar surface area (TPSA) is 30.5 Å². The Morgan fingerprint density at radius 3 is 2.14 bits per heavy atom. The SMILES string of the molecule is c1ccc(COc2ccc(OCC3CCNCC3)cc2)cc1. The minimum Gasteiger partial charge on any atom is -0.493 e. The first-order valence-electron chi connectivity index (χ1n) is 8.00. The Balaban J connectivity index is 1.45. The fourth-order valence-electron chi connectivity index (χ4n) is 2.64. The summed E-state index contributed by atoms with van der Waals surface area (Å²) in [5, 5.41) is 3.38. The zero-order valence-corrected chi connectivity index (χ0v) is 12.8. The monoisotopic (exact) mass is 297 g/mol. The van der Waals surface area contributed by atoms with Crippen molar-refractivity contribution in [3.63, 3.8) is 0 Å². The summed E-state index contributed by atoms with van der Waals surface area (Å²) in [7, 11) is 0. The second-order valence-electron chi connectivity index (χ2n) is 5.75. The molecule has 0 saturated carbocycles. The van der Waals surface area contributed by atoms with Crippen LogP contribution in [0.15, 0.2) is 54.6 Å². The third-order valence-electron chi connectivity index (χ3n) is 4.02. The summed E-state index contributed by atoms with van der Waals surface area (Å²) in [6, 6.07) is 18.1. The number of nitrogens with one attached hydrogen (secondary N) is 1. The normalized spacial score (nSPS) is 15.5. The Morgan fingerprint density at radius 1 is 0.818 bits per heavy atom. The highest BCUT2D eigenvalue weighted by molar-refractivity contribution is 5.31. The maximum Gasteiger partial charge on any atom is 0.120 e. The molecular formula is C19H23NO2. The summed E-state index contributed by atoms with van der Waals surface area (Å²) in [4.78, 5) is 0. The second kappa shape index (κ2) is 7.85. The summed E-state index contributed by atoms with van der Waals surface area (Å²) in [6.07, 6.45) is 2.41. The van der Waals surface area contributed by atoms with Gasteiger partial charge in [0.1, 0.15) is 18.1 Å². The van der Waals surface area contributed by atoms with Crippen LogP contribution >= 0.6 is 0 Å². The maximum absolute atomic E-state index is 5.88. The molecule has 1 aliphatic heterocycles. The zero-order chi connectivity index (χ0) is 15.0. The minimum atomic E-state index is 0.593. The molecule has 0 bridgehead atoms. The van der Waals surface area contributed by atoms with Gasteiger partial charge >= 0.3 is 0 Å². The third kappa shape index (κ3) is 4.50. The molecule has 22 heavy (non-hydrogen) atoms. The molecule has 0 aromatic heterocycles. The van der Waals surface area contributed by atoms with Crippen LogP contribution < -0.4 is 14.8 Å². The molecule has 0 amide bonds. The van der Waals surface area contributed by atoms with Crippen molar-refractivity contribution in [3.05, 3.63) is 60.2 Å². The van der Waals surface area contributed by atoms with Gasteiger partial charge in [-0.3, -0.25) is 0 Å². The lowest BCUT2D eigenvalue weighted by Crippen LogP contribution is -2.30. The number of benzene rings is 2. The smallest absolute Gasteiger partial charge is 0.120 e. The Bertz CT molecular complexity index is 547. The molecule has 1 N–H and O–H groups in total. The van der Waals surface area contributed by atoms with Crippen LogP contribution in [0.5, 0.6) is 11.5 Å². The Morgan fingerprint density at radius 2 is 1.45 bits per heavy atom. The number of ether oxygens (including phenoxy) is 2. The predicted molar refractivity (Wildman–Crippen MR) is 88.3 cm³/mol. The highest BCUT2D eigenvalue weighted by Gasteiger charge is 2.13. The average Bonchev–Trinajstić information content (AvgIpc) is 2.61. The number of hydrogen-bond acceptors (Lipinski definition) is 3. The fraction of sp³-hybridized carbons (Fsp3) is 0.368. The average molecular weight is 297 g/mol. The van der Waals surface area contributed by atoms with Crippen molar-refractivity contribution in [1.82, 2.24) is 5.32 Å². The molecule has 1 heterocycles. The molecule has 0 unspecified atom stereocenters. The lowest BCUT2D eigenvalue weighted by molar-refractivity contribution is 0.215. The first-order valence-corrected chi connectivity index (χ1v) is 8.00. The first-order chi connectivity index (χ1) is 10.9. The van der Waals surface area contributed by atoms with Gasteiger partial charge in [-0.2, -0.15) is 0 Å². The molecule has 0 radical (unpaired) electrons. The van der Waals surface area contributed by atoms with E-state index in [0.717, 1.165) is 31.2 Å². The van der Waals surface area contributed by atoms with Crippen molar-refractivity contribution in [2.45, 2.75) is 19.4 Å². The molecule has 0 atom stereocenters. The number of hydrogen-bond donors (Lipinski definition) is 1. The summed E-state index contributed by atoms with van der Waals surface area (Å²) < 4.78 is 11.7. The van der Waals surface area contributed by atoms with Gasteiger partial charge in [0.25, 0.3) is 0 Å². The van der Waals surface area contributed by atoms with Crippen molar-refractivity contribution in [1.29, 1.82) is 0 Å². The molecule has 1 saturated heterocycles. The molecule has 1 aliphatic rings. The fourth-order valence-corrected chi connectivity index (χ4v) is 2.64. The summed E-state index contributed by atoms with van der Waals surface area (Å²) >= 11 is 0. The van der Waals surface area contributed by atoms with Crippen LogP contribution in [0.1, 0.15) is 18.4 Å². The van der Waals surface area contributed by atoms with Crippen LogP contribution in [0.4, 0.5) is 0 Å². The van der Waals surface area contributed by atoms with Gasteiger partial charge in [0.2, 0.25) is 0 Å². The maximum atomic E-state index is 5.88. The molecule has 2 aromatic rings. The molecular weight excluding hydrogens is 274 g/mol. The predicted octanol–water partition coefficient (Wildman–Crippen LogP) is 3.64. The molecule has 0 spiro atoms. The molecule has 116 valence electrons. The van der Waals surface area contributed by atoms with E-state index in [1.807, 2.05) is 42.5 Å². The van der Waals surface area contributed by atoms with Gasteiger partial charge in [-0.25, -0.2) is 0 Å². The lowest BCUT2D eigenvalue weighted by atomic mass is 9.99. The van der Waals surface area contributed by atoms with Crippen molar-refractivity contribution >= 4 is 0 Å². The van der Waals surface area contributed by atoms with E-state index in [0.29, 0.717) is 12.5 Å². The van der Waals surface area contributed by atoms with Gasteiger partial charge in [0.05, 0.1) is 6.61 Å². The Kier molecular flexibility index (Phi) is 5.32. The van der Waals surface area contributed by atoms with Gasteiger partial charge in [0.15, 0.2) is 0 Å². The lowest BCUT2D eigenvalue weighted by Gasteiger charge is -2.22. The van der Waals surface area contributed by atoms with Gasteiger partial charge in [-0.1, -0.05) is 30.3 Å². The van der Waals surface area contributed by atoms with Crippen LogP contribution in [0.2, 0.25) is 0 Å². The van der Waals surface area contributed by atoms with Crippen molar-refractivity contribution < 1.29 is 9.47 Å². The van der Waals surface area contributed by atoms with Crippen molar-refractivity contribution in [3.8, 4) is 11.5 Å². The highest BCUT2D eigenvalue weighted by atomic mass is 16.5. The molecule has 3 rings (SSSR count). The van der Waals surface area contributed by atoms with Crippen LogP contribution in [-0.2, 0) is 6.61 Å². The quantitative estimate of drug-likeness (QED) is 0.883. The van der Waals surface area contributed by atoms with E-state index in [1.165, 1.54) is 18.4 Å². The van der Waals surface area contributed by atoms with Crippen LogP contribution in [0.3, 0.4) is 0 Å². The summed E-state index contributed by atoms with van der Waals surface area (Å²) in [6.45, 7) is 3.63. The zero-order valence-electron chi connectivity index (χ0n) is 12.8. The van der Waals surface area contributed by atoms with E-state index in [4.69, 9.17) is 9.47 Å². The summed E-state index contributed by atoms with van der Waals surface area (Å²) in [5.74, 6) is 2.47. The second-order valence-corrected chi connectivity index (χ2v) is 5.75. The third-order valence-corrected chi connectivity index (χ3v) is 4.02. The molecule has 1 fully saturated rings. The Hall–Kier alpha value is -2.00. The minimum absolute atomic E-state index is 0.593. The largest absolute Gasteiger partial charge is 0.493 e. The first kappa shape index (κ1) is 14.9. The molecule has 0 aliphatic carbocycles. The van der Waals surface area contributed by atoms with Crippen LogP contribution in [-0.4, -0.2) is 19.7 Å². The Labute approximate surface area is 132 Å². The van der Waals surface area contributed by atoms with Gasteiger partial charge in [0, 0.05) is 0 Å². The highest BCUT2D eigenvalue weighted by Crippen LogP contribution is 2.20. The van der Waals surface area contributed by atoms with E-state index in [9.17, 15) is 0 Å². The number of piperidine rings is 1. The van der Waals surface area contributed by atoms with Gasteiger partial charge in [-0.05, 0) is 61.7 Å². The molecule has 2 aromatic carbocycles. The van der Waals surface area contributed by atoms with Crippen molar-refractivity contribution in [2.24, 2.45) is 5.92 Å². The van der Waals surface area contributed by atoms with Crippen LogP contribution in [0.25, 0.3) is 0 Å². The van der Waals surface area contributed by atoms with E-state index in [1.54, 1.807) is 0 Å². The summed E-state index contributed by atoms with van der Waals surface area (Å²) in [5.41, 5.74) is 1.17. The van der Waals surface area contributed by atoms with E-state index in [-0.39, 0.29) is 0 Å². The van der Waals surface area contributed by atoms with Crippen molar-refractivity contribution in [2.75, 3.05) is 19.7 Å². The van der Waals surface area contributed by atoms with Gasteiger partial charge < -0.3 is 14.8 Å². The van der Waals surface area contributed by atoms with E-state index >= 15 is 0 Å². The molecule has 3 nitrogen and oxygen atoms in total. The standard InChI is InChI=1S/C19H23NO2/c1-2-4-16(5-3-1)14-21-18-6-8-19(9-7-18)22-15-17-10-12-20-13-11-17/h1-9,17,20H,10-15H2. The van der Waals surface area contributed by atoms with Gasteiger partial charge in [-0.15, -0.1) is 0 Å². The van der Waals surface area contributed by atoms with Crippen LogP contribution in [0, 0.1) is 5.92 Å². The van der Waals surface area contributed by atoms with E-state index in [2.05, 4.69) is 17.4 Å².